The first-order valence-corrected chi connectivity index (χ1v) is 8.65. The van der Waals surface area contributed by atoms with Crippen molar-refractivity contribution in [2.24, 2.45) is 0 Å². The van der Waals surface area contributed by atoms with Gasteiger partial charge in [-0.05, 0) is 62.4 Å². The number of hydrogen-bond donors (Lipinski definition) is 1. The molecule has 0 aliphatic heterocycles. The Morgan fingerprint density at radius 2 is 1.67 bits per heavy atom. The van der Waals surface area contributed by atoms with E-state index in [1.165, 1.54) is 6.92 Å². The van der Waals surface area contributed by atoms with Gasteiger partial charge in [0.2, 0.25) is 5.91 Å². The van der Waals surface area contributed by atoms with E-state index in [-0.39, 0.29) is 5.91 Å². The average Bonchev–Trinajstić information content (AvgIpc) is 2.90. The first-order chi connectivity index (χ1) is 12.8. The quantitative estimate of drug-likeness (QED) is 0.538. The Morgan fingerprint density at radius 1 is 1.04 bits per heavy atom. The maximum atomic E-state index is 12.3. The molecule has 7 heteroatoms. The Morgan fingerprint density at radius 3 is 2.19 bits per heavy atom. The number of amides is 1. The van der Waals surface area contributed by atoms with Gasteiger partial charge in [0.25, 0.3) is 0 Å². The van der Waals surface area contributed by atoms with Gasteiger partial charge in [-0.2, -0.15) is 5.10 Å². The first kappa shape index (κ1) is 18.7. The van der Waals surface area contributed by atoms with Gasteiger partial charge in [-0.3, -0.25) is 4.79 Å². The predicted molar refractivity (Wildman–Crippen MR) is 104 cm³/mol. The summed E-state index contributed by atoms with van der Waals surface area (Å²) in [5.74, 6) is -0.243. The summed E-state index contributed by atoms with van der Waals surface area (Å²) in [5, 5.41) is 7.67. The van der Waals surface area contributed by atoms with Crippen molar-refractivity contribution in [2.45, 2.75) is 20.8 Å². The van der Waals surface area contributed by atoms with Crippen LogP contribution in [0, 0.1) is 13.8 Å². The SMILES string of the molecule is CC(=O)Nc1ccc(OC(=O)c2ccc(-n3nc(C)c(Cl)c3C)cc2)cc1. The summed E-state index contributed by atoms with van der Waals surface area (Å²) < 4.78 is 7.09. The van der Waals surface area contributed by atoms with Gasteiger partial charge in [0.15, 0.2) is 0 Å². The molecule has 0 spiro atoms. The van der Waals surface area contributed by atoms with Crippen molar-refractivity contribution in [3.05, 3.63) is 70.5 Å². The minimum atomic E-state index is -0.472. The fourth-order valence-electron chi connectivity index (χ4n) is 2.59. The number of hydrogen-bond acceptors (Lipinski definition) is 4. The largest absolute Gasteiger partial charge is 0.423 e. The van der Waals surface area contributed by atoms with Crippen molar-refractivity contribution in [3.8, 4) is 11.4 Å². The van der Waals surface area contributed by atoms with Crippen LogP contribution in [0.25, 0.3) is 5.69 Å². The number of esters is 1. The molecule has 1 aromatic heterocycles. The third-order valence-corrected chi connectivity index (χ3v) is 4.48. The zero-order chi connectivity index (χ0) is 19.6. The van der Waals surface area contributed by atoms with Crippen molar-refractivity contribution < 1.29 is 14.3 Å². The lowest BCUT2D eigenvalue weighted by atomic mass is 10.2. The molecule has 1 N–H and O–H groups in total. The van der Waals surface area contributed by atoms with E-state index in [2.05, 4.69) is 10.4 Å². The van der Waals surface area contributed by atoms with Crippen LogP contribution in [0.5, 0.6) is 5.75 Å². The number of rotatable bonds is 4. The van der Waals surface area contributed by atoms with Crippen LogP contribution in [0.2, 0.25) is 5.02 Å². The number of aromatic nitrogens is 2. The van der Waals surface area contributed by atoms with Gasteiger partial charge in [-0.1, -0.05) is 11.6 Å². The highest BCUT2D eigenvalue weighted by molar-refractivity contribution is 6.31. The molecular formula is C20H18ClN3O3. The second kappa shape index (κ2) is 7.63. The van der Waals surface area contributed by atoms with Gasteiger partial charge >= 0.3 is 5.97 Å². The van der Waals surface area contributed by atoms with E-state index in [9.17, 15) is 9.59 Å². The molecule has 0 unspecified atom stereocenters. The molecule has 2 aromatic carbocycles. The van der Waals surface area contributed by atoms with Gasteiger partial charge in [0.1, 0.15) is 5.75 Å². The molecule has 3 aromatic rings. The number of carbonyl (C=O) groups is 2. The summed E-state index contributed by atoms with van der Waals surface area (Å²) in [4.78, 5) is 23.3. The second-order valence-corrected chi connectivity index (χ2v) is 6.42. The van der Waals surface area contributed by atoms with Gasteiger partial charge in [0, 0.05) is 12.6 Å². The Labute approximate surface area is 161 Å². The van der Waals surface area contributed by atoms with Crippen molar-refractivity contribution in [1.82, 2.24) is 9.78 Å². The molecule has 0 aliphatic rings. The highest BCUT2D eigenvalue weighted by Crippen LogP contribution is 2.23. The average molecular weight is 384 g/mol. The first-order valence-electron chi connectivity index (χ1n) is 8.27. The van der Waals surface area contributed by atoms with E-state index in [0.29, 0.717) is 22.0 Å². The van der Waals surface area contributed by atoms with E-state index < -0.39 is 5.97 Å². The number of carbonyl (C=O) groups excluding carboxylic acids is 2. The molecule has 0 saturated carbocycles. The molecule has 0 atom stereocenters. The maximum Gasteiger partial charge on any atom is 0.343 e. The third kappa shape index (κ3) is 4.17. The lowest BCUT2D eigenvalue weighted by molar-refractivity contribution is -0.114. The van der Waals surface area contributed by atoms with E-state index in [0.717, 1.165) is 17.1 Å². The van der Waals surface area contributed by atoms with Crippen LogP contribution >= 0.6 is 11.6 Å². The number of halogens is 1. The summed E-state index contributed by atoms with van der Waals surface area (Å²) in [6.45, 7) is 5.15. The number of anilines is 1. The van der Waals surface area contributed by atoms with E-state index in [1.54, 1.807) is 53.2 Å². The van der Waals surface area contributed by atoms with Crippen molar-refractivity contribution >= 4 is 29.2 Å². The number of nitrogens with one attached hydrogen (secondary N) is 1. The number of aryl methyl sites for hydroxylation is 1. The maximum absolute atomic E-state index is 12.3. The minimum absolute atomic E-state index is 0.163. The van der Waals surface area contributed by atoms with Gasteiger partial charge in [-0.15, -0.1) is 0 Å². The Kier molecular flexibility index (Phi) is 5.28. The molecule has 138 valence electrons. The highest BCUT2D eigenvalue weighted by Gasteiger charge is 2.13. The fourth-order valence-corrected chi connectivity index (χ4v) is 2.71. The van der Waals surface area contributed by atoms with Gasteiger partial charge in [-0.25, -0.2) is 9.48 Å². The molecule has 0 aliphatic carbocycles. The second-order valence-electron chi connectivity index (χ2n) is 6.04. The molecule has 1 heterocycles. The Bertz CT molecular complexity index is 993. The smallest absolute Gasteiger partial charge is 0.343 e. The molecule has 3 rings (SSSR count). The zero-order valence-electron chi connectivity index (χ0n) is 15.1. The lowest BCUT2D eigenvalue weighted by Gasteiger charge is -2.08. The van der Waals surface area contributed by atoms with Crippen LogP contribution in [-0.2, 0) is 4.79 Å². The summed E-state index contributed by atoms with van der Waals surface area (Å²) >= 11 is 6.18. The molecule has 0 saturated heterocycles. The van der Waals surface area contributed by atoms with E-state index in [4.69, 9.17) is 16.3 Å². The molecule has 6 nitrogen and oxygen atoms in total. The van der Waals surface area contributed by atoms with Crippen LogP contribution in [0.4, 0.5) is 5.69 Å². The summed E-state index contributed by atoms with van der Waals surface area (Å²) in [5.41, 5.74) is 3.44. The zero-order valence-corrected chi connectivity index (χ0v) is 15.9. The molecule has 0 fully saturated rings. The van der Waals surface area contributed by atoms with Crippen molar-refractivity contribution in [3.63, 3.8) is 0 Å². The molecule has 0 bridgehead atoms. The summed E-state index contributed by atoms with van der Waals surface area (Å²) in [6.07, 6.45) is 0. The number of benzene rings is 2. The van der Waals surface area contributed by atoms with Gasteiger partial charge < -0.3 is 10.1 Å². The monoisotopic (exact) mass is 383 g/mol. The molecule has 0 radical (unpaired) electrons. The lowest BCUT2D eigenvalue weighted by Crippen LogP contribution is -2.09. The van der Waals surface area contributed by atoms with Crippen molar-refractivity contribution in [2.75, 3.05) is 5.32 Å². The van der Waals surface area contributed by atoms with Crippen LogP contribution < -0.4 is 10.1 Å². The van der Waals surface area contributed by atoms with E-state index >= 15 is 0 Å². The molecule has 1 amide bonds. The van der Waals surface area contributed by atoms with Crippen LogP contribution in [-0.4, -0.2) is 21.7 Å². The Hall–Kier alpha value is -3.12. The Balaban J connectivity index is 1.72. The number of nitrogens with zero attached hydrogens (tertiary/aromatic N) is 2. The van der Waals surface area contributed by atoms with Crippen molar-refractivity contribution in [1.29, 1.82) is 0 Å². The van der Waals surface area contributed by atoms with Gasteiger partial charge in [0.05, 0.1) is 27.7 Å². The summed E-state index contributed by atoms with van der Waals surface area (Å²) in [7, 11) is 0. The van der Waals surface area contributed by atoms with E-state index in [1.807, 2.05) is 13.8 Å². The predicted octanol–water partition coefficient (Wildman–Crippen LogP) is 4.32. The third-order valence-electron chi connectivity index (χ3n) is 3.94. The minimum Gasteiger partial charge on any atom is -0.423 e. The number of ether oxygens (including phenoxy) is 1. The van der Waals surface area contributed by atoms with Crippen LogP contribution in [0.3, 0.4) is 0 Å². The normalized spacial score (nSPS) is 10.5. The fraction of sp³-hybridized carbons (Fsp3) is 0.150. The molecule has 27 heavy (non-hydrogen) atoms. The topological polar surface area (TPSA) is 73.2 Å². The van der Waals surface area contributed by atoms with Crippen LogP contribution in [0.15, 0.2) is 48.5 Å². The van der Waals surface area contributed by atoms with Crippen LogP contribution in [0.1, 0.15) is 28.7 Å². The highest BCUT2D eigenvalue weighted by atomic mass is 35.5. The standard InChI is InChI=1S/C20H18ClN3O3/c1-12-19(21)13(2)24(23-12)17-8-4-15(5-9-17)20(26)27-18-10-6-16(7-11-18)22-14(3)25/h4-11H,1-3H3,(H,22,25). The summed E-state index contributed by atoms with van der Waals surface area (Å²) in [6, 6.07) is 13.5. The molecular weight excluding hydrogens is 366 g/mol.